The summed E-state index contributed by atoms with van der Waals surface area (Å²) in [4.78, 5) is 4.85. The van der Waals surface area contributed by atoms with E-state index < -0.39 is 0 Å². The number of fused-ring (bicyclic) bond motifs is 9. The van der Waals surface area contributed by atoms with Crippen LogP contribution in [-0.2, 0) is 0 Å². The number of para-hydroxylation sites is 2. The van der Waals surface area contributed by atoms with Crippen LogP contribution in [0.3, 0.4) is 0 Å². The SMILES string of the molecule is Cc1cc(-c2ccccc2)ccc1N(c1ccc2cc3c(cc2c1)oc1c3ccc2c3cc4ccc(N(c5ccc(-c6ccccc6)cc5C)c5c(C)cccc5C)cc4cc3oc21)c1c(C)cccc1C. The second kappa shape index (κ2) is 16.9. The van der Waals surface area contributed by atoms with Crippen molar-refractivity contribution in [1.29, 1.82) is 0 Å². The highest BCUT2D eigenvalue weighted by Crippen LogP contribution is 2.46. The lowest BCUT2D eigenvalue weighted by Crippen LogP contribution is -2.14. The Balaban J connectivity index is 0.912. The molecule has 346 valence electrons. The van der Waals surface area contributed by atoms with Crippen LogP contribution in [0.1, 0.15) is 33.4 Å². The molecule has 0 atom stereocenters. The predicted octanol–water partition coefficient (Wildman–Crippen LogP) is 19.9. The van der Waals surface area contributed by atoms with Gasteiger partial charge in [0, 0.05) is 44.3 Å². The lowest BCUT2D eigenvalue weighted by atomic mass is 9.99. The molecule has 4 nitrogen and oxygen atoms in total. The number of rotatable bonds is 8. The molecule has 0 radical (unpaired) electrons. The zero-order valence-corrected chi connectivity index (χ0v) is 41.3. The second-order valence-corrected chi connectivity index (χ2v) is 19.7. The van der Waals surface area contributed by atoms with Crippen molar-refractivity contribution < 1.29 is 8.83 Å². The molecule has 0 N–H and O–H groups in total. The topological polar surface area (TPSA) is 32.8 Å². The zero-order valence-electron chi connectivity index (χ0n) is 41.3. The Kier molecular flexibility index (Phi) is 10.2. The molecule has 11 aromatic carbocycles. The zero-order chi connectivity index (χ0) is 48.8. The first-order chi connectivity index (χ1) is 35.1. The third-order valence-electron chi connectivity index (χ3n) is 14.9. The number of furan rings is 2. The van der Waals surface area contributed by atoms with Gasteiger partial charge in [-0.25, -0.2) is 0 Å². The van der Waals surface area contributed by atoms with Gasteiger partial charge in [-0.2, -0.15) is 0 Å². The number of hydrogen-bond acceptors (Lipinski definition) is 4. The van der Waals surface area contributed by atoms with Gasteiger partial charge < -0.3 is 18.6 Å². The largest absolute Gasteiger partial charge is 0.452 e. The van der Waals surface area contributed by atoms with Gasteiger partial charge in [0.2, 0.25) is 0 Å². The van der Waals surface area contributed by atoms with Crippen LogP contribution in [0.15, 0.2) is 215 Å². The van der Waals surface area contributed by atoms with Gasteiger partial charge in [-0.1, -0.05) is 121 Å². The van der Waals surface area contributed by atoms with Crippen LogP contribution in [0, 0.1) is 41.5 Å². The molecule has 0 saturated carbocycles. The van der Waals surface area contributed by atoms with Crippen molar-refractivity contribution in [3.8, 4) is 22.3 Å². The summed E-state index contributed by atoms with van der Waals surface area (Å²) in [5, 5.41) is 8.73. The molecule has 0 aliphatic carbocycles. The fourth-order valence-corrected chi connectivity index (χ4v) is 11.3. The molecule has 0 bridgehead atoms. The lowest BCUT2D eigenvalue weighted by Gasteiger charge is -2.30. The average molecular weight is 929 g/mol. The molecule has 0 saturated heterocycles. The molecule has 2 aromatic heterocycles. The number of hydrogen-bond donors (Lipinski definition) is 0. The maximum atomic E-state index is 6.89. The van der Waals surface area contributed by atoms with E-state index in [1.165, 1.54) is 67.0 Å². The Morgan fingerprint density at radius 1 is 0.278 bits per heavy atom. The Labute approximate surface area is 419 Å². The van der Waals surface area contributed by atoms with Gasteiger partial charge >= 0.3 is 0 Å². The van der Waals surface area contributed by atoms with Gasteiger partial charge in [-0.3, -0.25) is 0 Å². The lowest BCUT2D eigenvalue weighted by molar-refractivity contribution is 0.634. The van der Waals surface area contributed by atoms with Crippen molar-refractivity contribution in [2.45, 2.75) is 41.5 Å². The molecule has 13 aromatic rings. The summed E-state index contributed by atoms with van der Waals surface area (Å²) in [5.41, 5.74) is 22.2. The van der Waals surface area contributed by atoms with E-state index in [1.54, 1.807) is 0 Å². The third kappa shape index (κ3) is 7.13. The Hall–Kier alpha value is -8.86. The van der Waals surface area contributed by atoms with Crippen molar-refractivity contribution in [2.24, 2.45) is 0 Å². The van der Waals surface area contributed by atoms with Gasteiger partial charge in [-0.15, -0.1) is 0 Å². The predicted molar refractivity (Wildman–Crippen MR) is 305 cm³/mol. The first kappa shape index (κ1) is 43.2. The van der Waals surface area contributed by atoms with Crippen molar-refractivity contribution in [1.82, 2.24) is 0 Å². The molecule has 72 heavy (non-hydrogen) atoms. The minimum absolute atomic E-state index is 0.765. The molecule has 13 rings (SSSR count). The van der Waals surface area contributed by atoms with Gasteiger partial charge in [0.05, 0.1) is 11.4 Å². The molecule has 0 unspecified atom stereocenters. The summed E-state index contributed by atoms with van der Waals surface area (Å²) in [7, 11) is 0. The number of benzene rings is 11. The fourth-order valence-electron chi connectivity index (χ4n) is 11.3. The molecule has 0 aliphatic heterocycles. The van der Waals surface area contributed by atoms with Crippen molar-refractivity contribution >= 4 is 99.5 Å². The Bertz CT molecular complexity index is 3980. The van der Waals surface area contributed by atoms with Crippen LogP contribution < -0.4 is 9.80 Å². The van der Waals surface area contributed by atoms with E-state index in [0.29, 0.717) is 0 Å². The van der Waals surface area contributed by atoms with E-state index in [9.17, 15) is 0 Å². The normalized spacial score (nSPS) is 11.8. The summed E-state index contributed by atoms with van der Waals surface area (Å²) in [6, 6.07) is 74.9. The van der Waals surface area contributed by atoms with E-state index >= 15 is 0 Å². The molecular formula is C68H52N2O2. The monoisotopic (exact) mass is 928 g/mol. The molecule has 4 heteroatoms. The summed E-state index contributed by atoms with van der Waals surface area (Å²) in [5.74, 6) is 0. The minimum atomic E-state index is 0.765. The van der Waals surface area contributed by atoms with Gasteiger partial charge in [0.1, 0.15) is 11.2 Å². The van der Waals surface area contributed by atoms with E-state index in [-0.39, 0.29) is 0 Å². The summed E-state index contributed by atoms with van der Waals surface area (Å²) in [6.45, 7) is 13.3. The van der Waals surface area contributed by atoms with Gasteiger partial charge in [-0.05, 0) is 204 Å². The first-order valence-corrected chi connectivity index (χ1v) is 24.9. The third-order valence-corrected chi connectivity index (χ3v) is 14.9. The smallest absolute Gasteiger partial charge is 0.178 e. The highest BCUT2D eigenvalue weighted by atomic mass is 16.4. The van der Waals surface area contributed by atoms with E-state index in [4.69, 9.17) is 8.83 Å². The Morgan fingerprint density at radius 3 is 1.07 bits per heavy atom. The van der Waals surface area contributed by atoms with Crippen molar-refractivity contribution in [2.75, 3.05) is 9.80 Å². The second-order valence-electron chi connectivity index (χ2n) is 19.7. The average Bonchev–Trinajstić information content (AvgIpc) is 3.95. The van der Waals surface area contributed by atoms with Gasteiger partial charge in [0.25, 0.3) is 0 Å². The summed E-state index contributed by atoms with van der Waals surface area (Å²) >= 11 is 0. The molecule has 2 heterocycles. The molecule has 0 aliphatic rings. The first-order valence-electron chi connectivity index (χ1n) is 24.9. The minimum Gasteiger partial charge on any atom is -0.452 e. The molecule has 0 amide bonds. The van der Waals surface area contributed by atoms with Crippen LogP contribution >= 0.6 is 0 Å². The molecule has 0 spiro atoms. The highest BCUT2D eigenvalue weighted by Gasteiger charge is 2.23. The van der Waals surface area contributed by atoms with Gasteiger partial charge in [0.15, 0.2) is 11.2 Å². The number of aryl methyl sites for hydroxylation is 6. The highest BCUT2D eigenvalue weighted by molar-refractivity contribution is 6.21. The number of anilines is 6. The van der Waals surface area contributed by atoms with Crippen LogP contribution in [0.5, 0.6) is 0 Å². The van der Waals surface area contributed by atoms with Crippen molar-refractivity contribution in [3.05, 3.63) is 240 Å². The fraction of sp³-hybridized carbons (Fsp3) is 0.0882. The molecule has 0 fully saturated rings. The van der Waals surface area contributed by atoms with E-state index in [1.807, 2.05) is 0 Å². The maximum absolute atomic E-state index is 6.89. The van der Waals surface area contributed by atoms with Crippen LogP contribution in [0.2, 0.25) is 0 Å². The molecular weight excluding hydrogens is 877 g/mol. The Morgan fingerprint density at radius 2 is 0.681 bits per heavy atom. The summed E-state index contributed by atoms with van der Waals surface area (Å²) in [6.07, 6.45) is 0. The van der Waals surface area contributed by atoms with E-state index in [0.717, 1.165) is 88.2 Å². The quantitative estimate of drug-likeness (QED) is 0.152. The maximum Gasteiger partial charge on any atom is 0.178 e. The summed E-state index contributed by atoms with van der Waals surface area (Å²) < 4.78 is 13.8. The van der Waals surface area contributed by atoms with E-state index in [2.05, 4.69) is 258 Å². The van der Waals surface area contributed by atoms with Crippen molar-refractivity contribution in [3.63, 3.8) is 0 Å². The standard InChI is InChI=1S/C68H52N2O2/c1-41-15-13-16-42(2)65(41)69(61-31-25-49(33-45(61)5)47-19-9-7-10-20-47)55-27-23-51-37-59-57-29-30-58-60-38-52-24-28-56(36-54(52)40-64(60)72-68(58)67(57)71-63(59)39-53(51)35-55)70(66-43(3)17-14-18-44(66)4)62-32-26-50(34-46(62)6)48-21-11-8-12-22-48/h7-40H,1-6H3. The van der Waals surface area contributed by atoms with Crippen LogP contribution in [-0.4, -0.2) is 0 Å². The van der Waals surface area contributed by atoms with Crippen LogP contribution in [0.4, 0.5) is 34.1 Å². The van der Waals surface area contributed by atoms with Crippen LogP contribution in [0.25, 0.3) is 87.7 Å². The number of nitrogens with zero attached hydrogens (tertiary/aromatic N) is 2.